The summed E-state index contributed by atoms with van der Waals surface area (Å²) in [4.78, 5) is 4.43. The van der Waals surface area contributed by atoms with Crippen LogP contribution < -0.4 is 20.1 Å². The van der Waals surface area contributed by atoms with Crippen LogP contribution in [-0.2, 0) is 16.7 Å². The van der Waals surface area contributed by atoms with E-state index in [9.17, 15) is 0 Å². The molecule has 1 aliphatic rings. The van der Waals surface area contributed by atoms with Gasteiger partial charge in [0.25, 0.3) is 0 Å². The Morgan fingerprint density at radius 3 is 2.53 bits per heavy atom. The zero-order chi connectivity index (χ0) is 22.7. The molecule has 0 aromatic heterocycles. The number of benzene rings is 2. The molecule has 1 fully saturated rings. The summed E-state index contributed by atoms with van der Waals surface area (Å²) in [5, 5.41) is 6.96. The summed E-state index contributed by atoms with van der Waals surface area (Å²) in [6.07, 6.45) is 3.67. The standard InChI is InChI=1S/C26H35N3O3/c1-4-16-32-24-9-7-6-8-21(24)19-28-25(27-3)29-20-26(14-17-30-18-15-26)22-10-12-23(13-11-22)31-5-2/h4,6-13H,1,5,14-20H2,2-3H3,(H2,27,28,29). The van der Waals surface area contributed by atoms with Gasteiger partial charge in [-0.05, 0) is 43.5 Å². The molecular formula is C26H35N3O3. The fraction of sp³-hybridized carbons (Fsp3) is 0.423. The first kappa shape index (κ1) is 23.7. The molecule has 32 heavy (non-hydrogen) atoms. The predicted octanol–water partition coefficient (Wildman–Crippen LogP) is 4.06. The minimum absolute atomic E-state index is 0.00834. The topological polar surface area (TPSA) is 64.1 Å². The third-order valence-electron chi connectivity index (χ3n) is 5.82. The minimum atomic E-state index is -0.00834. The van der Waals surface area contributed by atoms with Gasteiger partial charge in [-0.25, -0.2) is 0 Å². The molecule has 0 amide bonds. The Morgan fingerprint density at radius 2 is 1.84 bits per heavy atom. The first-order chi connectivity index (χ1) is 15.7. The Hall–Kier alpha value is -2.99. The molecule has 2 aromatic carbocycles. The van der Waals surface area contributed by atoms with Gasteiger partial charge in [0.1, 0.15) is 18.1 Å². The van der Waals surface area contributed by atoms with Crippen LogP contribution in [0.15, 0.2) is 66.2 Å². The van der Waals surface area contributed by atoms with Crippen molar-refractivity contribution in [2.24, 2.45) is 4.99 Å². The lowest BCUT2D eigenvalue weighted by atomic mass is 9.74. The normalized spacial score (nSPS) is 15.6. The number of ether oxygens (including phenoxy) is 3. The summed E-state index contributed by atoms with van der Waals surface area (Å²) in [6, 6.07) is 16.5. The van der Waals surface area contributed by atoms with Gasteiger partial charge in [-0.3, -0.25) is 4.99 Å². The van der Waals surface area contributed by atoms with Crippen molar-refractivity contribution in [3.05, 3.63) is 72.3 Å². The number of nitrogens with zero attached hydrogens (tertiary/aromatic N) is 1. The largest absolute Gasteiger partial charge is 0.494 e. The average Bonchev–Trinajstić information content (AvgIpc) is 2.84. The molecule has 0 unspecified atom stereocenters. The van der Waals surface area contributed by atoms with Gasteiger partial charge in [0.2, 0.25) is 0 Å². The maximum Gasteiger partial charge on any atom is 0.191 e. The Labute approximate surface area is 191 Å². The van der Waals surface area contributed by atoms with E-state index in [1.54, 1.807) is 13.1 Å². The highest BCUT2D eigenvalue weighted by atomic mass is 16.5. The van der Waals surface area contributed by atoms with Gasteiger partial charge in [0.05, 0.1) is 6.61 Å². The number of rotatable bonds is 10. The van der Waals surface area contributed by atoms with Crippen LogP contribution in [0.3, 0.4) is 0 Å². The van der Waals surface area contributed by atoms with Crippen LogP contribution >= 0.6 is 0 Å². The van der Waals surface area contributed by atoms with E-state index in [0.717, 1.165) is 55.6 Å². The minimum Gasteiger partial charge on any atom is -0.494 e. The summed E-state index contributed by atoms with van der Waals surface area (Å²) >= 11 is 0. The summed E-state index contributed by atoms with van der Waals surface area (Å²) < 4.78 is 17.1. The molecule has 0 saturated carbocycles. The quantitative estimate of drug-likeness (QED) is 0.333. The van der Waals surface area contributed by atoms with Gasteiger partial charge < -0.3 is 24.8 Å². The molecule has 2 N–H and O–H groups in total. The fourth-order valence-electron chi connectivity index (χ4n) is 3.99. The Kier molecular flexibility index (Phi) is 8.99. The summed E-state index contributed by atoms with van der Waals surface area (Å²) in [5.41, 5.74) is 2.37. The highest BCUT2D eigenvalue weighted by molar-refractivity contribution is 5.79. The molecule has 1 aliphatic heterocycles. The maximum absolute atomic E-state index is 5.77. The van der Waals surface area contributed by atoms with Crippen molar-refractivity contribution in [3.8, 4) is 11.5 Å². The van der Waals surface area contributed by atoms with E-state index in [-0.39, 0.29) is 5.41 Å². The molecular weight excluding hydrogens is 402 g/mol. The van der Waals surface area contributed by atoms with Crippen molar-refractivity contribution in [2.75, 3.05) is 40.0 Å². The lowest BCUT2D eigenvalue weighted by Crippen LogP contribution is -2.47. The van der Waals surface area contributed by atoms with Gasteiger partial charge in [-0.2, -0.15) is 0 Å². The number of guanidine groups is 1. The van der Waals surface area contributed by atoms with E-state index in [0.29, 0.717) is 19.8 Å². The summed E-state index contributed by atoms with van der Waals surface area (Å²) in [7, 11) is 1.79. The molecule has 0 bridgehead atoms. The van der Waals surface area contributed by atoms with Crippen LogP contribution in [0.4, 0.5) is 0 Å². The summed E-state index contributed by atoms with van der Waals surface area (Å²) in [6.45, 7) is 9.79. The average molecular weight is 438 g/mol. The third kappa shape index (κ3) is 6.26. The monoisotopic (exact) mass is 437 g/mol. The van der Waals surface area contributed by atoms with Gasteiger partial charge in [-0.15, -0.1) is 0 Å². The molecule has 0 atom stereocenters. The van der Waals surface area contributed by atoms with Crippen LogP contribution in [0, 0.1) is 0 Å². The van der Waals surface area contributed by atoms with E-state index in [2.05, 4.69) is 52.5 Å². The van der Waals surface area contributed by atoms with Gasteiger partial charge in [0.15, 0.2) is 5.96 Å². The first-order valence-electron chi connectivity index (χ1n) is 11.3. The van der Waals surface area contributed by atoms with Gasteiger partial charge in [-0.1, -0.05) is 43.0 Å². The van der Waals surface area contributed by atoms with Crippen LogP contribution in [0.25, 0.3) is 0 Å². The molecule has 1 heterocycles. The lowest BCUT2D eigenvalue weighted by Gasteiger charge is -2.38. The Bertz CT molecular complexity index is 874. The van der Waals surface area contributed by atoms with E-state index in [1.807, 2.05) is 25.1 Å². The molecule has 0 aliphatic carbocycles. The molecule has 2 aromatic rings. The van der Waals surface area contributed by atoms with Crippen molar-refractivity contribution in [2.45, 2.75) is 31.7 Å². The van der Waals surface area contributed by atoms with Crippen molar-refractivity contribution in [3.63, 3.8) is 0 Å². The number of hydrogen-bond donors (Lipinski definition) is 2. The third-order valence-corrected chi connectivity index (χ3v) is 5.82. The van der Waals surface area contributed by atoms with Crippen molar-refractivity contribution in [1.82, 2.24) is 10.6 Å². The predicted molar refractivity (Wildman–Crippen MR) is 130 cm³/mol. The Morgan fingerprint density at radius 1 is 1.09 bits per heavy atom. The number of hydrogen-bond acceptors (Lipinski definition) is 4. The molecule has 0 spiro atoms. The second kappa shape index (κ2) is 12.2. The zero-order valence-corrected chi connectivity index (χ0v) is 19.2. The van der Waals surface area contributed by atoms with Crippen LogP contribution in [0.2, 0.25) is 0 Å². The van der Waals surface area contributed by atoms with Crippen molar-refractivity contribution >= 4 is 5.96 Å². The Balaban J connectivity index is 1.65. The lowest BCUT2D eigenvalue weighted by molar-refractivity contribution is 0.0513. The van der Waals surface area contributed by atoms with Crippen LogP contribution in [-0.4, -0.2) is 46.0 Å². The van der Waals surface area contributed by atoms with Crippen LogP contribution in [0.1, 0.15) is 30.9 Å². The highest BCUT2D eigenvalue weighted by Gasteiger charge is 2.34. The smallest absolute Gasteiger partial charge is 0.191 e. The highest BCUT2D eigenvalue weighted by Crippen LogP contribution is 2.35. The van der Waals surface area contributed by atoms with E-state index >= 15 is 0 Å². The zero-order valence-electron chi connectivity index (χ0n) is 19.2. The van der Waals surface area contributed by atoms with E-state index in [4.69, 9.17) is 14.2 Å². The van der Waals surface area contributed by atoms with E-state index in [1.165, 1.54) is 5.56 Å². The first-order valence-corrected chi connectivity index (χ1v) is 11.3. The number of aliphatic imine (C=N–C) groups is 1. The van der Waals surface area contributed by atoms with Gasteiger partial charge >= 0.3 is 0 Å². The molecule has 6 nitrogen and oxygen atoms in total. The molecule has 172 valence electrons. The van der Waals surface area contributed by atoms with Crippen molar-refractivity contribution < 1.29 is 14.2 Å². The second-order valence-corrected chi connectivity index (χ2v) is 7.84. The van der Waals surface area contributed by atoms with Crippen molar-refractivity contribution in [1.29, 1.82) is 0 Å². The molecule has 1 saturated heterocycles. The number of para-hydroxylation sites is 1. The summed E-state index contributed by atoms with van der Waals surface area (Å²) in [5.74, 6) is 2.52. The van der Waals surface area contributed by atoms with Crippen LogP contribution in [0.5, 0.6) is 11.5 Å². The molecule has 0 radical (unpaired) electrons. The number of nitrogens with one attached hydrogen (secondary N) is 2. The molecule has 6 heteroatoms. The second-order valence-electron chi connectivity index (χ2n) is 7.84. The van der Waals surface area contributed by atoms with E-state index < -0.39 is 0 Å². The SMILES string of the molecule is C=CCOc1ccccc1CNC(=NC)NCC1(c2ccc(OCC)cc2)CCOCC1. The molecule has 3 rings (SSSR count). The fourth-order valence-corrected chi connectivity index (χ4v) is 3.99. The van der Waals surface area contributed by atoms with Gasteiger partial charge in [0, 0.05) is 44.3 Å². The maximum atomic E-state index is 5.77.